The molecule has 76 valence electrons. The van der Waals surface area contributed by atoms with Crippen LogP contribution in [0.2, 0.25) is 0 Å². The standard InChI is InChI=1S/C8H4ClF3O2/c9-7(13)14-6-4-2-1-3-5(6)8(10,11)12/h1-4H. The Hall–Kier alpha value is -1.23. The molecule has 1 aromatic rings. The number of carbonyl (C=O) groups excluding carboxylic acids is 1. The molecule has 0 aromatic heterocycles. The van der Waals surface area contributed by atoms with Gasteiger partial charge in [0.2, 0.25) is 0 Å². The minimum absolute atomic E-state index is 0.597. The minimum atomic E-state index is -4.57. The molecule has 0 fully saturated rings. The van der Waals surface area contributed by atoms with Gasteiger partial charge in [0, 0.05) is 11.6 Å². The number of ether oxygens (including phenoxy) is 1. The van der Waals surface area contributed by atoms with Crippen LogP contribution >= 0.6 is 11.6 Å². The fraction of sp³-hybridized carbons (Fsp3) is 0.125. The largest absolute Gasteiger partial charge is 0.419 e. The molecule has 2 nitrogen and oxygen atoms in total. The number of hydrogen-bond acceptors (Lipinski definition) is 2. The Morgan fingerprint density at radius 1 is 1.29 bits per heavy atom. The molecule has 0 aliphatic heterocycles. The molecule has 1 rings (SSSR count). The zero-order chi connectivity index (χ0) is 10.8. The molecule has 0 spiro atoms. The minimum Gasteiger partial charge on any atom is -0.414 e. The third-order valence-electron chi connectivity index (χ3n) is 1.38. The van der Waals surface area contributed by atoms with Gasteiger partial charge in [-0.15, -0.1) is 0 Å². The molecule has 0 bridgehead atoms. The van der Waals surface area contributed by atoms with E-state index in [4.69, 9.17) is 11.6 Å². The fourth-order valence-electron chi connectivity index (χ4n) is 0.876. The molecule has 0 aliphatic rings. The van der Waals surface area contributed by atoms with Crippen LogP contribution < -0.4 is 4.74 Å². The van der Waals surface area contributed by atoms with E-state index in [9.17, 15) is 18.0 Å². The van der Waals surface area contributed by atoms with Crippen molar-refractivity contribution in [1.82, 2.24) is 0 Å². The van der Waals surface area contributed by atoms with E-state index >= 15 is 0 Å². The predicted octanol–water partition coefficient (Wildman–Crippen LogP) is 3.44. The molecule has 0 aliphatic carbocycles. The summed E-state index contributed by atoms with van der Waals surface area (Å²) >= 11 is 4.81. The van der Waals surface area contributed by atoms with Crippen molar-refractivity contribution in [2.45, 2.75) is 6.18 Å². The van der Waals surface area contributed by atoms with Crippen molar-refractivity contribution in [1.29, 1.82) is 0 Å². The quantitative estimate of drug-likeness (QED) is 0.683. The zero-order valence-electron chi connectivity index (χ0n) is 6.64. The summed E-state index contributed by atoms with van der Waals surface area (Å²) in [5, 5.41) is 0. The Bertz CT molecular complexity index is 349. The zero-order valence-corrected chi connectivity index (χ0v) is 7.39. The van der Waals surface area contributed by atoms with E-state index < -0.39 is 22.9 Å². The van der Waals surface area contributed by atoms with Crippen LogP contribution in [-0.2, 0) is 6.18 Å². The topological polar surface area (TPSA) is 26.3 Å². The van der Waals surface area contributed by atoms with E-state index in [2.05, 4.69) is 4.74 Å². The van der Waals surface area contributed by atoms with Gasteiger partial charge in [-0.05, 0) is 12.1 Å². The smallest absolute Gasteiger partial charge is 0.414 e. The second kappa shape index (κ2) is 3.88. The maximum absolute atomic E-state index is 12.3. The highest BCUT2D eigenvalue weighted by molar-refractivity contribution is 6.61. The van der Waals surface area contributed by atoms with E-state index in [0.717, 1.165) is 12.1 Å². The molecule has 0 saturated carbocycles. The Balaban J connectivity index is 3.10. The van der Waals surface area contributed by atoms with Crippen molar-refractivity contribution >= 4 is 17.0 Å². The van der Waals surface area contributed by atoms with Crippen molar-refractivity contribution in [2.75, 3.05) is 0 Å². The molecule has 6 heteroatoms. The summed E-state index contributed by atoms with van der Waals surface area (Å²) in [4.78, 5) is 10.3. The Morgan fingerprint density at radius 3 is 2.36 bits per heavy atom. The first-order chi connectivity index (χ1) is 6.41. The summed E-state index contributed by atoms with van der Waals surface area (Å²) in [6.07, 6.45) is -4.57. The first-order valence-electron chi connectivity index (χ1n) is 3.45. The number of rotatable bonds is 1. The van der Waals surface area contributed by atoms with Gasteiger partial charge >= 0.3 is 11.6 Å². The maximum atomic E-state index is 12.3. The molecule has 0 heterocycles. The van der Waals surface area contributed by atoms with Crippen molar-refractivity contribution in [3.05, 3.63) is 29.8 Å². The van der Waals surface area contributed by atoms with Crippen LogP contribution in [0.25, 0.3) is 0 Å². The summed E-state index contributed by atoms with van der Waals surface area (Å²) in [6, 6.07) is 4.32. The predicted molar refractivity (Wildman–Crippen MR) is 43.3 cm³/mol. The number of benzene rings is 1. The van der Waals surface area contributed by atoms with E-state index in [1.807, 2.05) is 0 Å². The molecule has 14 heavy (non-hydrogen) atoms. The molecular formula is C8H4ClF3O2. The summed E-state index contributed by atoms with van der Waals surface area (Å²) in [5.41, 5.74) is -2.34. The van der Waals surface area contributed by atoms with Gasteiger partial charge in [0.1, 0.15) is 5.75 Å². The maximum Gasteiger partial charge on any atom is 0.419 e. The highest BCUT2D eigenvalue weighted by Gasteiger charge is 2.34. The average molecular weight is 225 g/mol. The van der Waals surface area contributed by atoms with Gasteiger partial charge in [-0.3, -0.25) is 0 Å². The lowest BCUT2D eigenvalue weighted by molar-refractivity contribution is -0.138. The SMILES string of the molecule is O=C(Cl)Oc1ccccc1C(F)(F)F. The molecule has 0 unspecified atom stereocenters. The van der Waals surface area contributed by atoms with Gasteiger partial charge < -0.3 is 4.74 Å². The van der Waals surface area contributed by atoms with Crippen molar-refractivity contribution in [3.8, 4) is 5.75 Å². The Labute approximate surface area is 82.2 Å². The second-order valence-electron chi connectivity index (χ2n) is 2.33. The van der Waals surface area contributed by atoms with Crippen LogP contribution in [0, 0.1) is 0 Å². The van der Waals surface area contributed by atoms with Gasteiger partial charge in [-0.25, -0.2) is 4.79 Å². The summed E-state index contributed by atoms with van der Waals surface area (Å²) in [7, 11) is 0. The summed E-state index contributed by atoms with van der Waals surface area (Å²) in [5.74, 6) is -0.597. The van der Waals surface area contributed by atoms with Crippen molar-refractivity contribution < 1.29 is 22.7 Å². The molecular weight excluding hydrogens is 221 g/mol. The van der Waals surface area contributed by atoms with Crippen LogP contribution in [0.15, 0.2) is 24.3 Å². The van der Waals surface area contributed by atoms with Crippen molar-refractivity contribution in [3.63, 3.8) is 0 Å². The third-order valence-corrected chi connectivity index (χ3v) is 1.46. The van der Waals surface area contributed by atoms with Crippen LogP contribution in [0.5, 0.6) is 5.75 Å². The van der Waals surface area contributed by atoms with Crippen LogP contribution in [0.1, 0.15) is 5.56 Å². The Kier molecular flexibility index (Phi) is 3.00. The highest BCUT2D eigenvalue weighted by atomic mass is 35.5. The van der Waals surface area contributed by atoms with Gasteiger partial charge in [-0.1, -0.05) is 12.1 Å². The van der Waals surface area contributed by atoms with Crippen LogP contribution in [-0.4, -0.2) is 5.43 Å². The lowest BCUT2D eigenvalue weighted by Crippen LogP contribution is -2.09. The first-order valence-corrected chi connectivity index (χ1v) is 3.82. The number of hydrogen-bond donors (Lipinski definition) is 0. The van der Waals surface area contributed by atoms with E-state index in [-0.39, 0.29) is 0 Å². The molecule has 0 N–H and O–H groups in total. The molecule has 0 atom stereocenters. The normalized spacial score (nSPS) is 11.1. The lowest BCUT2D eigenvalue weighted by Gasteiger charge is -2.10. The highest BCUT2D eigenvalue weighted by Crippen LogP contribution is 2.35. The number of para-hydroxylation sites is 1. The van der Waals surface area contributed by atoms with Gasteiger partial charge in [0.15, 0.2) is 0 Å². The molecule has 1 aromatic carbocycles. The number of alkyl halides is 3. The Morgan fingerprint density at radius 2 is 1.86 bits per heavy atom. The molecule has 0 radical (unpaired) electrons. The van der Waals surface area contributed by atoms with Gasteiger partial charge in [-0.2, -0.15) is 13.2 Å². The molecule has 0 saturated heterocycles. The first kappa shape index (κ1) is 10.8. The van der Waals surface area contributed by atoms with Gasteiger partial charge in [0.25, 0.3) is 0 Å². The van der Waals surface area contributed by atoms with Crippen LogP contribution in [0.3, 0.4) is 0 Å². The number of carbonyl (C=O) groups is 1. The summed E-state index contributed by atoms with van der Waals surface area (Å²) in [6.45, 7) is 0. The monoisotopic (exact) mass is 224 g/mol. The van der Waals surface area contributed by atoms with Crippen molar-refractivity contribution in [2.24, 2.45) is 0 Å². The molecule has 0 amide bonds. The van der Waals surface area contributed by atoms with E-state index in [1.165, 1.54) is 12.1 Å². The van der Waals surface area contributed by atoms with E-state index in [1.54, 1.807) is 0 Å². The van der Waals surface area contributed by atoms with Gasteiger partial charge in [0.05, 0.1) is 5.56 Å². The second-order valence-corrected chi connectivity index (χ2v) is 2.64. The van der Waals surface area contributed by atoms with Crippen LogP contribution in [0.4, 0.5) is 18.0 Å². The summed E-state index contributed by atoms with van der Waals surface area (Å²) < 4.78 is 41.0. The number of halogens is 4. The third kappa shape index (κ3) is 2.63. The average Bonchev–Trinajstić information content (AvgIpc) is 2.01. The fourth-order valence-corrected chi connectivity index (χ4v) is 0.959. The lowest BCUT2D eigenvalue weighted by atomic mass is 10.2. The van der Waals surface area contributed by atoms with E-state index in [0.29, 0.717) is 0 Å².